The number of halogens is 3. The molecule has 4 nitrogen and oxygen atoms in total. The molecule has 0 unspecified atom stereocenters. The fourth-order valence-corrected chi connectivity index (χ4v) is 2.31. The van der Waals surface area contributed by atoms with Crippen LogP contribution in [0.3, 0.4) is 0 Å². The Hall–Kier alpha value is -0.390. The van der Waals surface area contributed by atoms with Crippen LogP contribution in [0, 0.1) is 0 Å². The average molecular weight is 388 g/mol. The van der Waals surface area contributed by atoms with Gasteiger partial charge in [-0.15, -0.1) is 24.8 Å². The summed E-state index contributed by atoms with van der Waals surface area (Å²) in [6.07, 6.45) is 1.12. The first kappa shape index (κ1) is 24.9. The normalized spacial score (nSPS) is 10.0. The SMILES string of the molecule is CCOc1cc(CNCCCN(C)C)cc(Cl)c1OCC.Cl.Cl. The first-order valence-corrected chi connectivity index (χ1v) is 7.89. The van der Waals surface area contributed by atoms with E-state index in [2.05, 4.69) is 24.3 Å². The number of nitrogens with zero attached hydrogens (tertiary/aromatic N) is 1. The second-order valence-electron chi connectivity index (χ2n) is 5.10. The van der Waals surface area contributed by atoms with Crippen molar-refractivity contribution in [3.05, 3.63) is 22.7 Å². The number of hydrogen-bond donors (Lipinski definition) is 1. The standard InChI is InChI=1S/C16H27ClN2O2.2ClH/c1-5-20-15-11-13(10-14(17)16(15)21-6-2)12-18-8-7-9-19(3)4;;/h10-11,18H,5-9,12H2,1-4H3;2*1H. The van der Waals surface area contributed by atoms with Gasteiger partial charge in [-0.25, -0.2) is 0 Å². The van der Waals surface area contributed by atoms with Crippen LogP contribution in [0.1, 0.15) is 25.8 Å². The third kappa shape index (κ3) is 9.48. The zero-order valence-corrected chi connectivity index (χ0v) is 16.7. The van der Waals surface area contributed by atoms with Crippen molar-refractivity contribution >= 4 is 36.4 Å². The minimum atomic E-state index is 0. The predicted molar refractivity (Wildman–Crippen MR) is 103 cm³/mol. The highest BCUT2D eigenvalue weighted by molar-refractivity contribution is 6.32. The van der Waals surface area contributed by atoms with Crippen LogP contribution in [-0.2, 0) is 6.54 Å². The number of benzene rings is 1. The van der Waals surface area contributed by atoms with Crippen LogP contribution >= 0.6 is 36.4 Å². The predicted octanol–water partition coefficient (Wildman–Crippen LogP) is 4.02. The van der Waals surface area contributed by atoms with Crippen LogP contribution in [0.25, 0.3) is 0 Å². The third-order valence-corrected chi connectivity index (χ3v) is 3.23. The minimum Gasteiger partial charge on any atom is -0.490 e. The molecule has 1 aromatic carbocycles. The van der Waals surface area contributed by atoms with Crippen molar-refractivity contribution in [1.29, 1.82) is 0 Å². The molecule has 1 aromatic rings. The maximum atomic E-state index is 6.29. The van der Waals surface area contributed by atoms with E-state index in [1.165, 1.54) is 0 Å². The highest BCUT2D eigenvalue weighted by Crippen LogP contribution is 2.36. The van der Waals surface area contributed by atoms with Gasteiger partial charge in [-0.1, -0.05) is 11.6 Å². The van der Waals surface area contributed by atoms with Crippen molar-refractivity contribution in [2.24, 2.45) is 0 Å². The Labute approximate surface area is 157 Å². The second-order valence-corrected chi connectivity index (χ2v) is 5.51. The molecule has 7 heteroatoms. The number of ether oxygens (including phenoxy) is 2. The lowest BCUT2D eigenvalue weighted by molar-refractivity contribution is 0.287. The number of rotatable bonds is 10. The van der Waals surface area contributed by atoms with Gasteiger partial charge in [0, 0.05) is 6.54 Å². The Morgan fingerprint density at radius 2 is 1.74 bits per heavy atom. The number of nitrogens with one attached hydrogen (secondary N) is 1. The van der Waals surface area contributed by atoms with Crippen molar-refractivity contribution in [3.63, 3.8) is 0 Å². The first-order valence-electron chi connectivity index (χ1n) is 7.51. The summed E-state index contributed by atoms with van der Waals surface area (Å²) in [6, 6.07) is 3.94. The van der Waals surface area contributed by atoms with Gasteiger partial charge >= 0.3 is 0 Å². The van der Waals surface area contributed by atoms with E-state index in [-0.39, 0.29) is 24.8 Å². The van der Waals surface area contributed by atoms with Crippen molar-refractivity contribution in [3.8, 4) is 11.5 Å². The molecule has 136 valence electrons. The van der Waals surface area contributed by atoms with Gasteiger partial charge in [0.1, 0.15) is 0 Å². The van der Waals surface area contributed by atoms with Gasteiger partial charge in [-0.2, -0.15) is 0 Å². The van der Waals surface area contributed by atoms with Crippen LogP contribution in [0.2, 0.25) is 5.02 Å². The van der Waals surface area contributed by atoms with Gasteiger partial charge in [0.05, 0.1) is 18.2 Å². The maximum Gasteiger partial charge on any atom is 0.179 e. The monoisotopic (exact) mass is 386 g/mol. The fourth-order valence-electron chi connectivity index (χ4n) is 2.02. The largest absolute Gasteiger partial charge is 0.490 e. The van der Waals surface area contributed by atoms with Crippen LogP contribution in [0.4, 0.5) is 0 Å². The smallest absolute Gasteiger partial charge is 0.179 e. The van der Waals surface area contributed by atoms with Crippen molar-refractivity contribution in [2.75, 3.05) is 40.4 Å². The molecular formula is C16H29Cl3N2O2. The molecule has 0 atom stereocenters. The molecule has 0 aliphatic heterocycles. The maximum absolute atomic E-state index is 6.29. The summed E-state index contributed by atoms with van der Waals surface area (Å²) in [5.74, 6) is 1.36. The molecule has 0 saturated carbocycles. The first-order chi connectivity index (χ1) is 10.1. The molecule has 0 heterocycles. The Morgan fingerprint density at radius 1 is 1.09 bits per heavy atom. The molecule has 0 aliphatic rings. The zero-order valence-electron chi connectivity index (χ0n) is 14.4. The Balaban J connectivity index is 0. The van der Waals surface area contributed by atoms with E-state index >= 15 is 0 Å². The Bertz CT molecular complexity index is 432. The summed E-state index contributed by atoms with van der Waals surface area (Å²) < 4.78 is 11.2. The number of hydrogen-bond acceptors (Lipinski definition) is 4. The Morgan fingerprint density at radius 3 is 2.30 bits per heavy atom. The van der Waals surface area contributed by atoms with Crippen LogP contribution < -0.4 is 14.8 Å². The lowest BCUT2D eigenvalue weighted by atomic mass is 10.2. The van der Waals surface area contributed by atoms with Crippen LogP contribution in [0.15, 0.2) is 12.1 Å². The summed E-state index contributed by atoms with van der Waals surface area (Å²) in [6.45, 7) is 7.90. The van der Waals surface area contributed by atoms with Gasteiger partial charge in [0.2, 0.25) is 0 Å². The van der Waals surface area contributed by atoms with Crippen LogP contribution in [0.5, 0.6) is 11.5 Å². The molecule has 23 heavy (non-hydrogen) atoms. The molecule has 1 rings (SSSR count). The fraction of sp³-hybridized carbons (Fsp3) is 0.625. The van der Waals surface area contributed by atoms with E-state index in [1.807, 2.05) is 26.0 Å². The van der Waals surface area contributed by atoms with Crippen LogP contribution in [-0.4, -0.2) is 45.3 Å². The van der Waals surface area contributed by atoms with E-state index < -0.39 is 0 Å². The van der Waals surface area contributed by atoms with Gasteiger partial charge < -0.3 is 19.7 Å². The highest BCUT2D eigenvalue weighted by Gasteiger charge is 2.12. The minimum absolute atomic E-state index is 0. The molecule has 0 bridgehead atoms. The molecule has 1 N–H and O–H groups in total. The molecule has 0 saturated heterocycles. The molecule has 0 fully saturated rings. The summed E-state index contributed by atoms with van der Waals surface area (Å²) in [5.41, 5.74) is 1.11. The van der Waals surface area contributed by atoms with Gasteiger partial charge in [0.15, 0.2) is 11.5 Å². The van der Waals surface area contributed by atoms with E-state index in [9.17, 15) is 0 Å². The van der Waals surface area contributed by atoms with E-state index in [0.29, 0.717) is 24.0 Å². The van der Waals surface area contributed by atoms with E-state index in [0.717, 1.165) is 37.4 Å². The van der Waals surface area contributed by atoms with Crippen molar-refractivity contribution in [2.45, 2.75) is 26.8 Å². The zero-order chi connectivity index (χ0) is 15.7. The topological polar surface area (TPSA) is 33.7 Å². The molecule has 0 amide bonds. The lowest BCUT2D eigenvalue weighted by Gasteiger charge is -2.15. The van der Waals surface area contributed by atoms with Gasteiger partial charge in [0.25, 0.3) is 0 Å². The molecule has 0 aliphatic carbocycles. The average Bonchev–Trinajstić information content (AvgIpc) is 2.42. The summed E-state index contributed by atoms with van der Waals surface area (Å²) in [4.78, 5) is 2.18. The van der Waals surface area contributed by atoms with Crippen molar-refractivity contribution < 1.29 is 9.47 Å². The Kier molecular flexibility index (Phi) is 15.1. The second kappa shape index (κ2) is 14.0. The van der Waals surface area contributed by atoms with Crippen molar-refractivity contribution in [1.82, 2.24) is 10.2 Å². The lowest BCUT2D eigenvalue weighted by Crippen LogP contribution is -2.21. The van der Waals surface area contributed by atoms with Gasteiger partial charge in [-0.05, 0) is 65.1 Å². The molecular weight excluding hydrogens is 359 g/mol. The third-order valence-electron chi connectivity index (χ3n) is 2.95. The summed E-state index contributed by atoms with van der Waals surface area (Å²) in [7, 11) is 4.17. The highest BCUT2D eigenvalue weighted by atomic mass is 35.5. The van der Waals surface area contributed by atoms with E-state index in [4.69, 9.17) is 21.1 Å². The van der Waals surface area contributed by atoms with Gasteiger partial charge in [-0.3, -0.25) is 0 Å². The molecule has 0 aromatic heterocycles. The quantitative estimate of drug-likeness (QED) is 0.615. The summed E-state index contributed by atoms with van der Waals surface area (Å²) >= 11 is 6.29. The van der Waals surface area contributed by atoms with E-state index in [1.54, 1.807) is 0 Å². The molecule has 0 spiro atoms. The summed E-state index contributed by atoms with van der Waals surface area (Å²) in [5, 5.41) is 4.03. The molecule has 0 radical (unpaired) electrons.